The summed E-state index contributed by atoms with van der Waals surface area (Å²) in [6.45, 7) is 2.75. The SMILES string of the molecule is O=C(c1cccnc1)N1CCN(c2ccc(-c3ccccn3)nn2)CC1. The summed E-state index contributed by atoms with van der Waals surface area (Å²) in [5, 5.41) is 8.61. The maximum Gasteiger partial charge on any atom is 0.255 e. The predicted octanol–water partition coefficient (Wildman–Crippen LogP) is 1.90. The van der Waals surface area contributed by atoms with Crippen molar-refractivity contribution in [2.45, 2.75) is 0 Å². The lowest BCUT2D eigenvalue weighted by Gasteiger charge is -2.35. The number of hydrogen-bond donors (Lipinski definition) is 0. The molecule has 0 spiro atoms. The number of hydrogen-bond acceptors (Lipinski definition) is 6. The molecule has 0 saturated carbocycles. The second-order valence-corrected chi connectivity index (χ2v) is 6.01. The van der Waals surface area contributed by atoms with Crippen molar-refractivity contribution >= 4 is 11.7 Å². The first kappa shape index (κ1) is 16.1. The first-order valence-corrected chi connectivity index (χ1v) is 8.51. The zero-order valence-corrected chi connectivity index (χ0v) is 14.2. The number of anilines is 1. The molecule has 0 aliphatic carbocycles. The second-order valence-electron chi connectivity index (χ2n) is 6.01. The van der Waals surface area contributed by atoms with Gasteiger partial charge in [-0.1, -0.05) is 6.07 Å². The highest BCUT2D eigenvalue weighted by Gasteiger charge is 2.23. The zero-order valence-electron chi connectivity index (χ0n) is 14.2. The van der Waals surface area contributed by atoms with Gasteiger partial charge in [0.2, 0.25) is 0 Å². The molecule has 0 N–H and O–H groups in total. The highest BCUT2D eigenvalue weighted by atomic mass is 16.2. The lowest BCUT2D eigenvalue weighted by atomic mass is 10.2. The van der Waals surface area contributed by atoms with Crippen LogP contribution in [0.5, 0.6) is 0 Å². The summed E-state index contributed by atoms with van der Waals surface area (Å²) in [4.78, 5) is 24.8. The fourth-order valence-electron chi connectivity index (χ4n) is 2.96. The fraction of sp³-hybridized carbons (Fsp3) is 0.211. The molecule has 0 unspecified atom stereocenters. The summed E-state index contributed by atoms with van der Waals surface area (Å²) < 4.78 is 0. The molecule has 3 aromatic heterocycles. The smallest absolute Gasteiger partial charge is 0.255 e. The van der Waals surface area contributed by atoms with Crippen LogP contribution < -0.4 is 4.90 Å². The maximum absolute atomic E-state index is 12.5. The van der Waals surface area contributed by atoms with E-state index in [0.717, 1.165) is 30.3 Å². The molecule has 1 aliphatic heterocycles. The van der Waals surface area contributed by atoms with Gasteiger partial charge in [0, 0.05) is 44.8 Å². The Morgan fingerprint density at radius 1 is 0.846 bits per heavy atom. The number of piperazine rings is 1. The van der Waals surface area contributed by atoms with E-state index in [1.165, 1.54) is 0 Å². The van der Waals surface area contributed by atoms with E-state index in [4.69, 9.17) is 0 Å². The topological polar surface area (TPSA) is 75.1 Å². The minimum absolute atomic E-state index is 0.0225. The minimum atomic E-state index is 0.0225. The Labute approximate surface area is 151 Å². The van der Waals surface area contributed by atoms with E-state index in [2.05, 4.69) is 25.1 Å². The summed E-state index contributed by atoms with van der Waals surface area (Å²) in [6.07, 6.45) is 5.02. The largest absolute Gasteiger partial charge is 0.352 e. The molecular formula is C19H18N6O. The fourth-order valence-corrected chi connectivity index (χ4v) is 2.96. The molecule has 7 nitrogen and oxygen atoms in total. The van der Waals surface area contributed by atoms with Gasteiger partial charge < -0.3 is 9.80 Å². The Morgan fingerprint density at radius 2 is 1.73 bits per heavy atom. The molecule has 3 aromatic rings. The molecule has 0 bridgehead atoms. The van der Waals surface area contributed by atoms with Crippen LogP contribution in [0.15, 0.2) is 61.1 Å². The minimum Gasteiger partial charge on any atom is -0.352 e. The van der Waals surface area contributed by atoms with Crippen molar-refractivity contribution in [3.05, 3.63) is 66.6 Å². The van der Waals surface area contributed by atoms with E-state index >= 15 is 0 Å². The Morgan fingerprint density at radius 3 is 2.38 bits per heavy atom. The third-order valence-electron chi connectivity index (χ3n) is 4.38. The number of pyridine rings is 2. The van der Waals surface area contributed by atoms with Gasteiger partial charge in [0.15, 0.2) is 5.82 Å². The van der Waals surface area contributed by atoms with E-state index in [0.29, 0.717) is 18.7 Å². The van der Waals surface area contributed by atoms with E-state index in [9.17, 15) is 4.79 Å². The maximum atomic E-state index is 12.5. The van der Waals surface area contributed by atoms with Crippen molar-refractivity contribution in [3.63, 3.8) is 0 Å². The van der Waals surface area contributed by atoms with Gasteiger partial charge in [0.1, 0.15) is 5.69 Å². The van der Waals surface area contributed by atoms with Gasteiger partial charge in [-0.3, -0.25) is 14.8 Å². The summed E-state index contributed by atoms with van der Waals surface area (Å²) in [5.41, 5.74) is 2.18. The lowest BCUT2D eigenvalue weighted by molar-refractivity contribution is 0.0746. The molecule has 0 aromatic carbocycles. The molecular weight excluding hydrogens is 328 g/mol. The number of aromatic nitrogens is 4. The van der Waals surface area contributed by atoms with Gasteiger partial charge in [0.25, 0.3) is 5.91 Å². The molecule has 1 saturated heterocycles. The van der Waals surface area contributed by atoms with Crippen LogP contribution in [0.1, 0.15) is 10.4 Å². The van der Waals surface area contributed by atoms with Crippen LogP contribution in [0.3, 0.4) is 0 Å². The van der Waals surface area contributed by atoms with E-state index in [-0.39, 0.29) is 5.91 Å². The van der Waals surface area contributed by atoms with Gasteiger partial charge in [-0.15, -0.1) is 10.2 Å². The monoisotopic (exact) mass is 346 g/mol. The average Bonchev–Trinajstić information content (AvgIpc) is 2.75. The van der Waals surface area contributed by atoms with Crippen molar-refractivity contribution in [1.29, 1.82) is 0 Å². The Balaban J connectivity index is 1.40. The number of nitrogens with zero attached hydrogens (tertiary/aromatic N) is 6. The Bertz CT molecular complexity index is 862. The van der Waals surface area contributed by atoms with Crippen LogP contribution in [0, 0.1) is 0 Å². The van der Waals surface area contributed by atoms with Crippen molar-refractivity contribution in [2.24, 2.45) is 0 Å². The van der Waals surface area contributed by atoms with Crippen LogP contribution in [0.2, 0.25) is 0 Å². The number of amides is 1. The first-order chi connectivity index (χ1) is 12.8. The Kier molecular flexibility index (Phi) is 4.51. The molecule has 0 atom stereocenters. The van der Waals surface area contributed by atoms with Gasteiger partial charge in [-0.25, -0.2) is 0 Å². The molecule has 1 aliphatic rings. The van der Waals surface area contributed by atoms with Crippen LogP contribution in [0.25, 0.3) is 11.4 Å². The summed E-state index contributed by atoms with van der Waals surface area (Å²) in [5.74, 6) is 0.840. The van der Waals surface area contributed by atoms with Crippen molar-refractivity contribution in [3.8, 4) is 11.4 Å². The third kappa shape index (κ3) is 3.37. The summed E-state index contributed by atoms with van der Waals surface area (Å²) in [7, 11) is 0. The molecule has 4 heterocycles. The molecule has 4 rings (SSSR count). The van der Waals surface area contributed by atoms with Crippen LogP contribution in [0.4, 0.5) is 5.82 Å². The van der Waals surface area contributed by atoms with E-state index in [1.54, 1.807) is 30.7 Å². The Hall–Kier alpha value is -3.35. The van der Waals surface area contributed by atoms with Gasteiger partial charge in [-0.05, 0) is 36.4 Å². The number of carbonyl (C=O) groups is 1. The van der Waals surface area contributed by atoms with Crippen molar-refractivity contribution in [1.82, 2.24) is 25.1 Å². The lowest BCUT2D eigenvalue weighted by Crippen LogP contribution is -2.49. The average molecular weight is 346 g/mol. The van der Waals surface area contributed by atoms with E-state index < -0.39 is 0 Å². The molecule has 1 amide bonds. The summed E-state index contributed by atoms with van der Waals surface area (Å²) >= 11 is 0. The number of carbonyl (C=O) groups excluding carboxylic acids is 1. The molecule has 7 heteroatoms. The summed E-state index contributed by atoms with van der Waals surface area (Å²) in [6, 6.07) is 13.2. The van der Waals surface area contributed by atoms with Crippen LogP contribution in [-0.4, -0.2) is 57.2 Å². The first-order valence-electron chi connectivity index (χ1n) is 8.51. The molecule has 26 heavy (non-hydrogen) atoms. The predicted molar refractivity (Wildman–Crippen MR) is 97.6 cm³/mol. The van der Waals surface area contributed by atoms with E-state index in [1.807, 2.05) is 35.2 Å². The zero-order chi connectivity index (χ0) is 17.8. The van der Waals surface area contributed by atoms with Crippen LogP contribution >= 0.6 is 0 Å². The third-order valence-corrected chi connectivity index (χ3v) is 4.38. The number of rotatable bonds is 3. The molecule has 1 fully saturated rings. The highest BCUT2D eigenvalue weighted by molar-refractivity contribution is 5.94. The van der Waals surface area contributed by atoms with Gasteiger partial charge in [-0.2, -0.15) is 0 Å². The normalized spacial score (nSPS) is 14.3. The molecule has 0 radical (unpaired) electrons. The molecule has 130 valence electrons. The van der Waals surface area contributed by atoms with Crippen LogP contribution in [-0.2, 0) is 0 Å². The highest BCUT2D eigenvalue weighted by Crippen LogP contribution is 2.18. The van der Waals surface area contributed by atoms with Crippen molar-refractivity contribution < 1.29 is 4.79 Å². The quantitative estimate of drug-likeness (QED) is 0.721. The standard InChI is InChI=1S/C19H18N6O/c26-19(15-4-3-8-20-14-15)25-12-10-24(11-13-25)18-7-6-17(22-23-18)16-5-1-2-9-21-16/h1-9,14H,10-13H2. The second kappa shape index (κ2) is 7.26. The van der Waals surface area contributed by atoms with Gasteiger partial charge in [0.05, 0.1) is 11.3 Å². The van der Waals surface area contributed by atoms with Crippen molar-refractivity contribution in [2.75, 3.05) is 31.1 Å². The van der Waals surface area contributed by atoms with Gasteiger partial charge >= 0.3 is 0 Å².